The highest BCUT2D eigenvalue weighted by Crippen LogP contribution is 2.35. The molecule has 0 radical (unpaired) electrons. The van der Waals surface area contributed by atoms with Gasteiger partial charge in [-0.3, -0.25) is 9.78 Å². The van der Waals surface area contributed by atoms with Crippen molar-refractivity contribution in [2.45, 2.75) is 12.8 Å². The van der Waals surface area contributed by atoms with E-state index in [1.807, 2.05) is 24.3 Å². The second-order valence-electron chi connectivity index (χ2n) is 4.44. The number of carbonyl (C=O) groups is 1. The molecule has 1 aliphatic heterocycles. The molecule has 4 rings (SSSR count). The van der Waals surface area contributed by atoms with Crippen molar-refractivity contribution in [1.29, 1.82) is 0 Å². The Hall–Kier alpha value is -2.16. The van der Waals surface area contributed by atoms with E-state index in [0.29, 0.717) is 0 Å². The quantitative estimate of drug-likeness (QED) is 0.743. The Bertz CT molecular complexity index is 701. The van der Waals surface area contributed by atoms with Gasteiger partial charge in [0.2, 0.25) is 0 Å². The van der Waals surface area contributed by atoms with Crippen molar-refractivity contribution in [3.63, 3.8) is 0 Å². The molecule has 1 N–H and O–H groups in total. The molecule has 0 spiro atoms. The molecule has 0 unspecified atom stereocenters. The normalized spacial score (nSPS) is 16.7. The number of pyridine rings is 1. The van der Waals surface area contributed by atoms with Crippen molar-refractivity contribution in [3.05, 3.63) is 47.2 Å². The number of allylic oxidation sites excluding steroid dienone is 1. The zero-order chi connectivity index (χ0) is 11.4. The van der Waals surface area contributed by atoms with E-state index in [0.717, 1.165) is 46.3 Å². The van der Waals surface area contributed by atoms with Crippen molar-refractivity contribution in [3.8, 4) is 0 Å². The molecule has 1 aromatic carbocycles. The largest absolute Gasteiger partial charge is 0.322 e. The Balaban J connectivity index is 2.23. The highest BCUT2D eigenvalue weighted by Gasteiger charge is 2.31. The van der Waals surface area contributed by atoms with Gasteiger partial charge < -0.3 is 5.32 Å². The summed E-state index contributed by atoms with van der Waals surface area (Å²) in [5.41, 5.74) is 4.75. The fourth-order valence-electron chi connectivity index (χ4n) is 2.72. The van der Waals surface area contributed by atoms with E-state index in [9.17, 15) is 4.79 Å². The fraction of sp³-hybridized carbons (Fsp3) is 0.143. The van der Waals surface area contributed by atoms with Crippen LogP contribution in [0.15, 0.2) is 30.3 Å². The smallest absolute Gasteiger partial charge is 0.257 e. The maximum Gasteiger partial charge on any atom is 0.257 e. The molecule has 2 heterocycles. The molecule has 3 nitrogen and oxygen atoms in total. The van der Waals surface area contributed by atoms with Gasteiger partial charge in [0.05, 0.1) is 16.8 Å². The number of rotatable bonds is 0. The van der Waals surface area contributed by atoms with E-state index < -0.39 is 0 Å². The van der Waals surface area contributed by atoms with Gasteiger partial charge in [-0.05, 0) is 18.9 Å². The Morgan fingerprint density at radius 3 is 3.00 bits per heavy atom. The number of nitrogens with one attached hydrogen (secondary N) is 1. The van der Waals surface area contributed by atoms with Gasteiger partial charge in [-0.25, -0.2) is 0 Å². The second kappa shape index (κ2) is 2.94. The van der Waals surface area contributed by atoms with Crippen molar-refractivity contribution < 1.29 is 4.79 Å². The molecule has 82 valence electrons. The van der Waals surface area contributed by atoms with Gasteiger partial charge in [0.1, 0.15) is 0 Å². The predicted octanol–water partition coefficient (Wildman–Crippen LogP) is 2.27. The molecule has 1 aromatic heterocycles. The van der Waals surface area contributed by atoms with Crippen LogP contribution in [0.5, 0.6) is 0 Å². The summed E-state index contributed by atoms with van der Waals surface area (Å²) in [6.45, 7) is 0. The monoisotopic (exact) mass is 222 g/mol. The van der Waals surface area contributed by atoms with Gasteiger partial charge in [0, 0.05) is 16.6 Å². The van der Waals surface area contributed by atoms with Gasteiger partial charge in [-0.1, -0.05) is 24.3 Å². The Labute approximate surface area is 98.2 Å². The van der Waals surface area contributed by atoms with Crippen molar-refractivity contribution >= 4 is 22.5 Å². The summed E-state index contributed by atoms with van der Waals surface area (Å²) < 4.78 is 0. The first-order chi connectivity index (χ1) is 8.34. The molecule has 0 fully saturated rings. The zero-order valence-electron chi connectivity index (χ0n) is 9.16. The SMILES string of the molecule is O=C1NC2=CCCc3nc4ccccc4c1c32. The second-order valence-corrected chi connectivity index (χ2v) is 4.44. The van der Waals surface area contributed by atoms with E-state index in [-0.39, 0.29) is 5.91 Å². The number of aromatic nitrogens is 1. The lowest BCUT2D eigenvalue weighted by atomic mass is 9.95. The summed E-state index contributed by atoms with van der Waals surface area (Å²) in [4.78, 5) is 16.7. The molecule has 0 saturated heterocycles. The van der Waals surface area contributed by atoms with Crippen LogP contribution in [0, 0.1) is 0 Å². The number of aryl methyl sites for hydroxylation is 1. The number of hydrogen-bond donors (Lipinski definition) is 1. The number of carbonyl (C=O) groups excluding carboxylic acids is 1. The van der Waals surface area contributed by atoms with E-state index in [4.69, 9.17) is 0 Å². The minimum absolute atomic E-state index is 0.00741. The van der Waals surface area contributed by atoms with E-state index >= 15 is 0 Å². The molecule has 2 aromatic rings. The fourth-order valence-corrected chi connectivity index (χ4v) is 2.72. The minimum Gasteiger partial charge on any atom is -0.322 e. The number of para-hydroxylation sites is 1. The van der Waals surface area contributed by atoms with E-state index in [1.54, 1.807) is 0 Å². The molecule has 17 heavy (non-hydrogen) atoms. The lowest BCUT2D eigenvalue weighted by Crippen LogP contribution is -2.12. The van der Waals surface area contributed by atoms with Crippen molar-refractivity contribution in [1.82, 2.24) is 10.3 Å². The number of amides is 1. The summed E-state index contributed by atoms with van der Waals surface area (Å²) in [5.74, 6) is 0.00741. The van der Waals surface area contributed by atoms with Crippen LogP contribution < -0.4 is 5.32 Å². The lowest BCUT2D eigenvalue weighted by molar-refractivity contribution is 0.0982. The summed E-state index contributed by atoms with van der Waals surface area (Å²) in [6.07, 6.45) is 3.96. The third kappa shape index (κ3) is 1.06. The van der Waals surface area contributed by atoms with Crippen LogP contribution >= 0.6 is 0 Å². The van der Waals surface area contributed by atoms with Crippen LogP contribution in [-0.4, -0.2) is 10.9 Å². The van der Waals surface area contributed by atoms with Crippen molar-refractivity contribution in [2.75, 3.05) is 0 Å². The first-order valence-electron chi connectivity index (χ1n) is 5.78. The van der Waals surface area contributed by atoms with Gasteiger partial charge in [0.15, 0.2) is 0 Å². The standard InChI is InChI=1S/C14H10N2O/c17-14-12-8-4-1-2-5-9(8)15-10-6-3-7-11(16-14)13(10)12/h1-2,4-5,7H,3,6H2,(H,16,17). The number of nitrogens with zero attached hydrogens (tertiary/aromatic N) is 1. The molecule has 1 aliphatic carbocycles. The molecule has 2 aliphatic rings. The summed E-state index contributed by atoms with van der Waals surface area (Å²) in [7, 11) is 0. The molecule has 0 bridgehead atoms. The third-order valence-corrected chi connectivity index (χ3v) is 3.44. The number of hydrogen-bond acceptors (Lipinski definition) is 2. The topological polar surface area (TPSA) is 42.0 Å². The van der Waals surface area contributed by atoms with Gasteiger partial charge >= 0.3 is 0 Å². The lowest BCUT2D eigenvalue weighted by Gasteiger charge is -2.13. The summed E-state index contributed by atoms with van der Waals surface area (Å²) in [5, 5.41) is 3.89. The summed E-state index contributed by atoms with van der Waals surface area (Å²) >= 11 is 0. The van der Waals surface area contributed by atoms with Gasteiger partial charge in [0.25, 0.3) is 5.91 Å². The van der Waals surface area contributed by atoms with Crippen LogP contribution in [0.4, 0.5) is 0 Å². The Morgan fingerprint density at radius 1 is 1.18 bits per heavy atom. The third-order valence-electron chi connectivity index (χ3n) is 3.44. The minimum atomic E-state index is 0.00741. The van der Waals surface area contributed by atoms with E-state index in [1.165, 1.54) is 0 Å². The first-order valence-corrected chi connectivity index (χ1v) is 5.78. The molecule has 1 amide bonds. The molecule has 0 saturated carbocycles. The molecular weight excluding hydrogens is 212 g/mol. The maximum absolute atomic E-state index is 12.0. The van der Waals surface area contributed by atoms with Gasteiger partial charge in [-0.2, -0.15) is 0 Å². The number of fused-ring (bicyclic) bond motifs is 2. The Morgan fingerprint density at radius 2 is 2.06 bits per heavy atom. The molecule has 0 atom stereocenters. The summed E-state index contributed by atoms with van der Waals surface area (Å²) in [6, 6.07) is 7.84. The zero-order valence-corrected chi connectivity index (χ0v) is 9.16. The Kier molecular flexibility index (Phi) is 1.55. The molecular formula is C14H10N2O. The predicted molar refractivity (Wildman–Crippen MR) is 65.5 cm³/mol. The highest BCUT2D eigenvalue weighted by molar-refractivity contribution is 6.17. The van der Waals surface area contributed by atoms with Gasteiger partial charge in [-0.15, -0.1) is 0 Å². The van der Waals surface area contributed by atoms with Crippen molar-refractivity contribution in [2.24, 2.45) is 0 Å². The average molecular weight is 222 g/mol. The van der Waals surface area contributed by atoms with Crippen LogP contribution in [-0.2, 0) is 6.42 Å². The van der Waals surface area contributed by atoms with E-state index in [2.05, 4.69) is 16.4 Å². The van der Waals surface area contributed by atoms with Crippen LogP contribution in [0.2, 0.25) is 0 Å². The maximum atomic E-state index is 12.0. The first kappa shape index (κ1) is 8.93. The number of benzene rings is 1. The highest BCUT2D eigenvalue weighted by atomic mass is 16.1. The van der Waals surface area contributed by atoms with Crippen LogP contribution in [0.25, 0.3) is 16.6 Å². The van der Waals surface area contributed by atoms with Crippen LogP contribution in [0.1, 0.15) is 28.0 Å². The average Bonchev–Trinajstić information content (AvgIpc) is 2.69. The molecule has 3 heteroatoms. The van der Waals surface area contributed by atoms with Crippen LogP contribution in [0.3, 0.4) is 0 Å².